The molecule has 5 nitrogen and oxygen atoms in total. The monoisotopic (exact) mass is 308 g/mol. The van der Waals surface area contributed by atoms with Crippen LogP contribution in [0.5, 0.6) is 11.5 Å². The predicted molar refractivity (Wildman–Crippen MR) is 88.9 cm³/mol. The first kappa shape index (κ1) is 18.3. The Balaban J connectivity index is 2.89. The number of rotatable bonds is 10. The first-order chi connectivity index (χ1) is 10.6. The number of ether oxygens (including phenoxy) is 2. The van der Waals surface area contributed by atoms with Crippen molar-refractivity contribution in [3.63, 3.8) is 0 Å². The van der Waals surface area contributed by atoms with Crippen LogP contribution in [-0.2, 0) is 0 Å². The maximum absolute atomic E-state index is 12.4. The third-order valence-corrected chi connectivity index (χ3v) is 3.16. The number of hydrogen-bond acceptors (Lipinski definition) is 4. The SMILES string of the molecule is CCCOc1ccc(C(=O)N(C)CCNC)cc1OCCC. The van der Waals surface area contributed by atoms with E-state index in [2.05, 4.69) is 12.2 Å². The van der Waals surface area contributed by atoms with Crippen molar-refractivity contribution in [1.82, 2.24) is 10.2 Å². The van der Waals surface area contributed by atoms with Crippen LogP contribution in [0.15, 0.2) is 18.2 Å². The third kappa shape index (κ3) is 5.56. The number of nitrogens with one attached hydrogen (secondary N) is 1. The Morgan fingerprint density at radius 3 is 2.36 bits per heavy atom. The number of nitrogens with zero attached hydrogens (tertiary/aromatic N) is 1. The highest BCUT2D eigenvalue weighted by Gasteiger charge is 2.15. The molecule has 1 aromatic carbocycles. The zero-order chi connectivity index (χ0) is 16.4. The van der Waals surface area contributed by atoms with Gasteiger partial charge in [0.2, 0.25) is 0 Å². The van der Waals surface area contributed by atoms with Crippen molar-refractivity contribution in [2.45, 2.75) is 26.7 Å². The van der Waals surface area contributed by atoms with Crippen LogP contribution >= 0.6 is 0 Å². The number of carbonyl (C=O) groups is 1. The van der Waals surface area contributed by atoms with E-state index in [0.717, 1.165) is 19.4 Å². The first-order valence-electron chi connectivity index (χ1n) is 7.93. The average molecular weight is 308 g/mol. The van der Waals surface area contributed by atoms with Crippen LogP contribution in [0.1, 0.15) is 37.0 Å². The van der Waals surface area contributed by atoms with Crippen LogP contribution in [0.2, 0.25) is 0 Å². The molecular weight excluding hydrogens is 280 g/mol. The lowest BCUT2D eigenvalue weighted by atomic mass is 10.1. The molecule has 0 fully saturated rings. The van der Waals surface area contributed by atoms with Gasteiger partial charge in [-0.25, -0.2) is 0 Å². The Labute approximate surface area is 133 Å². The molecule has 0 saturated heterocycles. The summed E-state index contributed by atoms with van der Waals surface area (Å²) in [5.41, 5.74) is 0.619. The highest BCUT2D eigenvalue weighted by atomic mass is 16.5. The fourth-order valence-corrected chi connectivity index (χ4v) is 1.90. The van der Waals surface area contributed by atoms with Gasteiger partial charge in [-0.2, -0.15) is 0 Å². The summed E-state index contributed by atoms with van der Waals surface area (Å²) in [7, 11) is 3.67. The average Bonchev–Trinajstić information content (AvgIpc) is 2.55. The van der Waals surface area contributed by atoms with Gasteiger partial charge in [-0.05, 0) is 38.1 Å². The maximum Gasteiger partial charge on any atom is 0.253 e. The van der Waals surface area contributed by atoms with Gasteiger partial charge in [0.25, 0.3) is 5.91 Å². The summed E-state index contributed by atoms with van der Waals surface area (Å²) in [5, 5.41) is 3.04. The number of hydrogen-bond donors (Lipinski definition) is 1. The van der Waals surface area contributed by atoms with E-state index < -0.39 is 0 Å². The lowest BCUT2D eigenvalue weighted by Crippen LogP contribution is -2.32. The fourth-order valence-electron chi connectivity index (χ4n) is 1.90. The van der Waals surface area contributed by atoms with E-state index >= 15 is 0 Å². The normalized spacial score (nSPS) is 10.4. The van der Waals surface area contributed by atoms with Crippen molar-refractivity contribution in [2.75, 3.05) is 40.4 Å². The summed E-state index contributed by atoms with van der Waals surface area (Å²) in [5.74, 6) is 1.33. The predicted octanol–water partition coefficient (Wildman–Crippen LogP) is 2.56. The number of amides is 1. The van der Waals surface area contributed by atoms with Crippen molar-refractivity contribution in [1.29, 1.82) is 0 Å². The molecule has 0 saturated carbocycles. The van der Waals surface area contributed by atoms with Gasteiger partial charge in [0.15, 0.2) is 11.5 Å². The lowest BCUT2D eigenvalue weighted by molar-refractivity contribution is 0.0796. The number of benzene rings is 1. The van der Waals surface area contributed by atoms with Crippen LogP contribution in [0.3, 0.4) is 0 Å². The molecule has 1 N–H and O–H groups in total. The minimum atomic E-state index is -0.0151. The van der Waals surface area contributed by atoms with Gasteiger partial charge in [-0.3, -0.25) is 4.79 Å². The van der Waals surface area contributed by atoms with Crippen LogP contribution in [0.4, 0.5) is 0 Å². The molecule has 0 radical (unpaired) electrons. The molecule has 0 aliphatic heterocycles. The summed E-state index contributed by atoms with van der Waals surface area (Å²) in [4.78, 5) is 14.1. The molecule has 1 aromatic rings. The Bertz CT molecular complexity index is 463. The lowest BCUT2D eigenvalue weighted by Gasteiger charge is -2.18. The summed E-state index contributed by atoms with van der Waals surface area (Å²) in [6.07, 6.45) is 1.84. The zero-order valence-corrected chi connectivity index (χ0v) is 14.1. The topological polar surface area (TPSA) is 50.8 Å². The van der Waals surface area contributed by atoms with Crippen LogP contribution in [0, 0.1) is 0 Å². The van der Waals surface area contributed by atoms with Gasteiger partial charge >= 0.3 is 0 Å². The highest BCUT2D eigenvalue weighted by molar-refractivity contribution is 5.94. The molecule has 0 spiro atoms. The highest BCUT2D eigenvalue weighted by Crippen LogP contribution is 2.29. The third-order valence-electron chi connectivity index (χ3n) is 3.16. The van der Waals surface area contributed by atoms with E-state index in [1.54, 1.807) is 24.1 Å². The minimum Gasteiger partial charge on any atom is -0.490 e. The summed E-state index contributed by atoms with van der Waals surface area (Å²) in [6.45, 7) is 6.77. The molecule has 0 unspecified atom stereocenters. The van der Waals surface area contributed by atoms with Gasteiger partial charge in [0, 0.05) is 25.7 Å². The number of likely N-dealkylation sites (N-methyl/N-ethyl adjacent to an activating group) is 2. The number of carbonyl (C=O) groups excluding carboxylic acids is 1. The Morgan fingerprint density at radius 1 is 1.14 bits per heavy atom. The van der Waals surface area contributed by atoms with Gasteiger partial charge in [-0.15, -0.1) is 0 Å². The molecule has 0 heterocycles. The van der Waals surface area contributed by atoms with Gasteiger partial charge in [0.05, 0.1) is 13.2 Å². The Hall–Kier alpha value is -1.75. The summed E-state index contributed by atoms with van der Waals surface area (Å²) >= 11 is 0. The standard InChI is InChI=1S/C17H28N2O3/c1-5-11-21-15-8-7-14(13-16(15)22-12-6-2)17(20)19(4)10-9-18-3/h7-8,13,18H,5-6,9-12H2,1-4H3. The largest absolute Gasteiger partial charge is 0.490 e. The first-order valence-corrected chi connectivity index (χ1v) is 7.93. The summed E-state index contributed by atoms with van der Waals surface area (Å²) < 4.78 is 11.4. The van der Waals surface area contributed by atoms with Crippen LogP contribution < -0.4 is 14.8 Å². The molecule has 0 aromatic heterocycles. The van der Waals surface area contributed by atoms with E-state index in [4.69, 9.17) is 9.47 Å². The molecule has 5 heteroatoms. The van der Waals surface area contributed by atoms with E-state index in [9.17, 15) is 4.79 Å². The molecule has 0 aliphatic carbocycles. The molecule has 0 aliphatic rings. The second kappa shape index (κ2) is 10.1. The van der Waals surface area contributed by atoms with Crippen molar-refractivity contribution in [3.05, 3.63) is 23.8 Å². The minimum absolute atomic E-state index is 0.0151. The van der Waals surface area contributed by atoms with E-state index in [0.29, 0.717) is 36.8 Å². The van der Waals surface area contributed by atoms with Crippen LogP contribution in [-0.4, -0.2) is 51.2 Å². The van der Waals surface area contributed by atoms with Crippen LogP contribution in [0.25, 0.3) is 0 Å². The smallest absolute Gasteiger partial charge is 0.253 e. The van der Waals surface area contributed by atoms with Crippen molar-refractivity contribution >= 4 is 5.91 Å². The second-order valence-corrected chi connectivity index (χ2v) is 5.19. The molecular formula is C17H28N2O3. The quantitative estimate of drug-likeness (QED) is 0.722. The molecule has 0 bridgehead atoms. The van der Waals surface area contributed by atoms with Crippen molar-refractivity contribution in [3.8, 4) is 11.5 Å². The maximum atomic E-state index is 12.4. The Kier molecular flexibility index (Phi) is 8.36. The second-order valence-electron chi connectivity index (χ2n) is 5.19. The molecule has 1 rings (SSSR count). The summed E-state index contributed by atoms with van der Waals surface area (Å²) in [6, 6.07) is 5.39. The molecule has 0 atom stereocenters. The zero-order valence-electron chi connectivity index (χ0n) is 14.1. The Morgan fingerprint density at radius 2 is 1.77 bits per heavy atom. The van der Waals surface area contributed by atoms with Crippen molar-refractivity contribution in [2.24, 2.45) is 0 Å². The molecule has 1 amide bonds. The van der Waals surface area contributed by atoms with E-state index in [1.165, 1.54) is 0 Å². The van der Waals surface area contributed by atoms with Gasteiger partial charge < -0.3 is 19.7 Å². The molecule has 22 heavy (non-hydrogen) atoms. The van der Waals surface area contributed by atoms with Crippen molar-refractivity contribution < 1.29 is 14.3 Å². The van der Waals surface area contributed by atoms with E-state index in [1.807, 2.05) is 20.0 Å². The van der Waals surface area contributed by atoms with Gasteiger partial charge in [-0.1, -0.05) is 13.8 Å². The van der Waals surface area contributed by atoms with Gasteiger partial charge in [0.1, 0.15) is 0 Å². The fraction of sp³-hybridized carbons (Fsp3) is 0.588. The van der Waals surface area contributed by atoms with E-state index in [-0.39, 0.29) is 5.91 Å². The molecule has 124 valence electrons.